The van der Waals surface area contributed by atoms with Crippen LogP contribution in [0.3, 0.4) is 0 Å². The molecule has 128 valence electrons. The van der Waals surface area contributed by atoms with Crippen molar-refractivity contribution >= 4 is 22.5 Å². The van der Waals surface area contributed by atoms with Crippen LogP contribution in [0.4, 0.5) is 5.69 Å². The lowest BCUT2D eigenvalue weighted by Crippen LogP contribution is -2.21. The first-order chi connectivity index (χ1) is 12.0. The number of nitrogens with zero attached hydrogens (tertiary/aromatic N) is 2. The maximum Gasteiger partial charge on any atom is 0.272 e. The van der Waals surface area contributed by atoms with Crippen molar-refractivity contribution in [1.82, 2.24) is 9.55 Å². The number of fused-ring (bicyclic) bond motifs is 1. The quantitative estimate of drug-likeness (QED) is 0.788. The number of rotatable bonds is 4. The molecule has 1 amide bonds. The average molecular weight is 339 g/mol. The number of aromatic nitrogens is 2. The zero-order chi connectivity index (χ0) is 18.0. The predicted octanol–water partition coefficient (Wildman–Crippen LogP) is 2.20. The van der Waals surface area contributed by atoms with Crippen molar-refractivity contribution < 1.29 is 14.3 Å². The van der Waals surface area contributed by atoms with Crippen LogP contribution in [0.25, 0.3) is 10.9 Å². The lowest BCUT2D eigenvalue weighted by Gasteiger charge is -2.11. The molecule has 7 nitrogen and oxygen atoms in total. The van der Waals surface area contributed by atoms with Gasteiger partial charge in [0.25, 0.3) is 5.91 Å². The molecule has 0 aliphatic rings. The molecule has 1 aromatic carbocycles. The van der Waals surface area contributed by atoms with Crippen molar-refractivity contribution in [3.05, 3.63) is 58.6 Å². The molecule has 0 atom stereocenters. The van der Waals surface area contributed by atoms with E-state index < -0.39 is 5.91 Å². The minimum absolute atomic E-state index is 0.181. The van der Waals surface area contributed by atoms with Gasteiger partial charge in [0.1, 0.15) is 11.4 Å². The summed E-state index contributed by atoms with van der Waals surface area (Å²) in [4.78, 5) is 28.7. The fourth-order valence-corrected chi connectivity index (χ4v) is 2.48. The minimum Gasteiger partial charge on any atom is -0.497 e. The largest absolute Gasteiger partial charge is 0.497 e. The summed E-state index contributed by atoms with van der Waals surface area (Å²) in [6, 6.07) is 8.55. The number of methoxy groups -OCH3 is 2. The Morgan fingerprint density at radius 1 is 1.16 bits per heavy atom. The van der Waals surface area contributed by atoms with Gasteiger partial charge in [-0.1, -0.05) is 0 Å². The molecule has 2 aromatic heterocycles. The smallest absolute Gasteiger partial charge is 0.272 e. The third-order valence-corrected chi connectivity index (χ3v) is 3.80. The Kier molecular flexibility index (Phi) is 4.38. The van der Waals surface area contributed by atoms with Crippen LogP contribution in [0.2, 0.25) is 0 Å². The van der Waals surface area contributed by atoms with Crippen molar-refractivity contribution in [1.29, 1.82) is 0 Å². The van der Waals surface area contributed by atoms with Gasteiger partial charge in [0, 0.05) is 24.6 Å². The molecule has 0 aliphatic heterocycles. The number of nitrogens with one attached hydrogen (secondary N) is 1. The fraction of sp³-hybridized carbons (Fsp3) is 0.167. The Hall–Kier alpha value is -3.35. The molecule has 0 bridgehead atoms. The highest BCUT2D eigenvalue weighted by Gasteiger charge is 2.13. The second kappa shape index (κ2) is 6.64. The van der Waals surface area contributed by atoms with Crippen LogP contribution in [0.5, 0.6) is 11.5 Å². The molecule has 0 saturated heterocycles. The van der Waals surface area contributed by atoms with Gasteiger partial charge in [0.05, 0.1) is 37.8 Å². The third-order valence-electron chi connectivity index (χ3n) is 3.80. The summed E-state index contributed by atoms with van der Waals surface area (Å²) < 4.78 is 11.7. The van der Waals surface area contributed by atoms with E-state index in [4.69, 9.17) is 9.47 Å². The van der Waals surface area contributed by atoms with Gasteiger partial charge >= 0.3 is 0 Å². The number of benzene rings is 1. The van der Waals surface area contributed by atoms with Crippen LogP contribution in [-0.2, 0) is 7.05 Å². The minimum atomic E-state index is -0.406. The second-order valence-electron chi connectivity index (χ2n) is 5.44. The summed E-state index contributed by atoms with van der Waals surface area (Å²) in [7, 11) is 4.67. The predicted molar refractivity (Wildman–Crippen MR) is 94.5 cm³/mol. The molecule has 0 spiro atoms. The summed E-state index contributed by atoms with van der Waals surface area (Å²) in [5, 5.41) is 3.61. The van der Waals surface area contributed by atoms with E-state index in [1.54, 1.807) is 26.4 Å². The van der Waals surface area contributed by atoms with Crippen molar-refractivity contribution in [3.63, 3.8) is 0 Å². The van der Waals surface area contributed by atoms with Gasteiger partial charge in [-0.05, 0) is 18.2 Å². The molecule has 7 heteroatoms. The zero-order valence-corrected chi connectivity index (χ0v) is 14.1. The van der Waals surface area contributed by atoms with Gasteiger partial charge in [0.15, 0.2) is 5.75 Å². The summed E-state index contributed by atoms with van der Waals surface area (Å²) in [6.45, 7) is 0. The molecule has 2 heterocycles. The van der Waals surface area contributed by atoms with E-state index in [0.29, 0.717) is 11.4 Å². The molecule has 0 radical (unpaired) electrons. The lowest BCUT2D eigenvalue weighted by molar-refractivity contribution is 0.101. The molecule has 25 heavy (non-hydrogen) atoms. The molecule has 1 N–H and O–H groups in total. The summed E-state index contributed by atoms with van der Waals surface area (Å²) in [5.74, 6) is 0.488. The van der Waals surface area contributed by atoms with Crippen LogP contribution in [0.1, 0.15) is 10.5 Å². The maximum atomic E-state index is 12.5. The molecule has 0 saturated carbocycles. The van der Waals surface area contributed by atoms with Gasteiger partial charge in [-0.3, -0.25) is 14.6 Å². The molecule has 0 aliphatic carbocycles. The SMILES string of the molecule is COc1ccc2cc(NC(=O)c3cc(=O)c(OC)cn3C)cnc2c1. The average Bonchev–Trinajstić information content (AvgIpc) is 2.62. The first-order valence-electron chi connectivity index (χ1n) is 7.51. The zero-order valence-electron chi connectivity index (χ0n) is 14.1. The van der Waals surface area contributed by atoms with Crippen LogP contribution in [0, 0.1) is 0 Å². The highest BCUT2D eigenvalue weighted by atomic mass is 16.5. The van der Waals surface area contributed by atoms with Gasteiger partial charge < -0.3 is 19.4 Å². The molecule has 3 aromatic rings. The number of carbonyl (C=O) groups is 1. The number of amides is 1. The van der Waals surface area contributed by atoms with E-state index in [1.807, 2.05) is 18.2 Å². The van der Waals surface area contributed by atoms with E-state index in [2.05, 4.69) is 10.3 Å². The maximum absolute atomic E-state index is 12.5. The van der Waals surface area contributed by atoms with E-state index in [1.165, 1.54) is 23.9 Å². The van der Waals surface area contributed by atoms with E-state index >= 15 is 0 Å². The molecular formula is C18H17N3O4. The first kappa shape index (κ1) is 16.5. The van der Waals surface area contributed by atoms with Crippen LogP contribution < -0.4 is 20.2 Å². The van der Waals surface area contributed by atoms with Gasteiger partial charge in [-0.2, -0.15) is 0 Å². The van der Waals surface area contributed by atoms with E-state index in [9.17, 15) is 9.59 Å². The lowest BCUT2D eigenvalue weighted by atomic mass is 10.2. The molecular weight excluding hydrogens is 322 g/mol. The van der Waals surface area contributed by atoms with Crippen molar-refractivity contribution in [2.24, 2.45) is 7.05 Å². The van der Waals surface area contributed by atoms with E-state index in [-0.39, 0.29) is 16.9 Å². The Morgan fingerprint density at radius 3 is 2.68 bits per heavy atom. The first-order valence-corrected chi connectivity index (χ1v) is 7.51. The summed E-state index contributed by atoms with van der Waals surface area (Å²) in [5.41, 5.74) is 1.16. The summed E-state index contributed by atoms with van der Waals surface area (Å²) in [6.07, 6.45) is 3.03. The number of anilines is 1. The standard InChI is InChI=1S/C18H17N3O4/c1-21-10-17(25-3)16(22)8-15(21)18(23)20-12-6-11-4-5-13(24-2)7-14(11)19-9-12/h4-10H,1-3H3,(H,20,23). The number of carbonyl (C=O) groups excluding carboxylic acids is 1. The molecule has 0 unspecified atom stereocenters. The molecule has 3 rings (SSSR count). The monoisotopic (exact) mass is 339 g/mol. The second-order valence-corrected chi connectivity index (χ2v) is 5.44. The number of aryl methyl sites for hydroxylation is 1. The summed E-state index contributed by atoms with van der Waals surface area (Å²) >= 11 is 0. The highest BCUT2D eigenvalue weighted by molar-refractivity contribution is 6.03. The highest BCUT2D eigenvalue weighted by Crippen LogP contribution is 2.21. The van der Waals surface area contributed by atoms with E-state index in [0.717, 1.165) is 10.9 Å². The number of ether oxygens (including phenoxy) is 2. The van der Waals surface area contributed by atoms with Crippen LogP contribution >= 0.6 is 0 Å². The number of hydrogen-bond acceptors (Lipinski definition) is 5. The molecule has 0 fully saturated rings. The topological polar surface area (TPSA) is 82.5 Å². The number of pyridine rings is 2. The van der Waals surface area contributed by atoms with Crippen molar-refractivity contribution in [2.45, 2.75) is 0 Å². The van der Waals surface area contributed by atoms with Crippen molar-refractivity contribution in [3.8, 4) is 11.5 Å². The fourth-order valence-electron chi connectivity index (χ4n) is 2.48. The normalized spacial score (nSPS) is 10.5. The van der Waals surface area contributed by atoms with Crippen molar-refractivity contribution in [2.75, 3.05) is 19.5 Å². The van der Waals surface area contributed by atoms with Gasteiger partial charge in [0.2, 0.25) is 5.43 Å². The van der Waals surface area contributed by atoms with Crippen LogP contribution in [-0.4, -0.2) is 29.7 Å². The Morgan fingerprint density at radius 2 is 1.96 bits per heavy atom. The number of hydrogen-bond donors (Lipinski definition) is 1. The Balaban J connectivity index is 1.89. The van der Waals surface area contributed by atoms with Gasteiger partial charge in [-0.25, -0.2) is 0 Å². The van der Waals surface area contributed by atoms with Gasteiger partial charge in [-0.15, -0.1) is 0 Å². The Labute approximate surface area is 143 Å². The van der Waals surface area contributed by atoms with Crippen LogP contribution in [0.15, 0.2) is 47.5 Å². The Bertz CT molecular complexity index is 1010. The third kappa shape index (κ3) is 3.30.